The fraction of sp³-hybridized carbons (Fsp3) is 0.600. The van der Waals surface area contributed by atoms with E-state index in [2.05, 4.69) is 51.6 Å². The normalized spacial score (nSPS) is 15.8. The first-order chi connectivity index (χ1) is 12.5. The Morgan fingerprint density at radius 3 is 2.23 bits per heavy atom. The molecule has 0 atom stereocenters. The van der Waals surface area contributed by atoms with E-state index in [1.807, 2.05) is 26.8 Å². The van der Waals surface area contributed by atoms with Crippen LogP contribution in [0.15, 0.2) is 35.3 Å². The lowest BCUT2D eigenvalue weighted by Gasteiger charge is -2.38. The van der Waals surface area contributed by atoms with E-state index >= 15 is 0 Å². The molecule has 0 saturated carbocycles. The highest BCUT2D eigenvalue weighted by molar-refractivity contribution is 5.84. The minimum atomic E-state index is -0.511. The maximum Gasteiger partial charge on any atom is 0.227 e. The molecule has 0 aliphatic carbocycles. The average Bonchev–Trinajstić information content (AvgIpc) is 2.66. The lowest BCUT2D eigenvalue weighted by atomic mass is 9.92. The Morgan fingerprint density at radius 1 is 1.04 bits per heavy atom. The SMILES string of the molecule is CCNC(=O)C(C)(C)CN=C(NCC)N1CCN(c2ccccc2)CC1. The molecular formula is C20H33N5O. The van der Waals surface area contributed by atoms with Crippen LogP contribution in [0, 0.1) is 5.41 Å². The van der Waals surface area contributed by atoms with Crippen molar-refractivity contribution in [1.29, 1.82) is 0 Å². The van der Waals surface area contributed by atoms with E-state index in [0.717, 1.165) is 38.7 Å². The molecule has 0 spiro atoms. The zero-order chi connectivity index (χ0) is 19.0. The number of nitrogens with zero attached hydrogens (tertiary/aromatic N) is 3. The van der Waals surface area contributed by atoms with Crippen molar-refractivity contribution in [3.63, 3.8) is 0 Å². The topological polar surface area (TPSA) is 60.0 Å². The van der Waals surface area contributed by atoms with Crippen LogP contribution < -0.4 is 15.5 Å². The summed E-state index contributed by atoms with van der Waals surface area (Å²) in [5.74, 6) is 0.950. The molecule has 1 aliphatic rings. The summed E-state index contributed by atoms with van der Waals surface area (Å²) in [5.41, 5.74) is 0.759. The Hall–Kier alpha value is -2.24. The van der Waals surface area contributed by atoms with E-state index < -0.39 is 5.41 Å². The molecule has 1 amide bonds. The van der Waals surface area contributed by atoms with E-state index in [4.69, 9.17) is 4.99 Å². The van der Waals surface area contributed by atoms with E-state index in [1.165, 1.54) is 5.69 Å². The van der Waals surface area contributed by atoms with Gasteiger partial charge in [0.15, 0.2) is 5.96 Å². The second-order valence-electron chi connectivity index (χ2n) is 7.22. The molecule has 6 nitrogen and oxygen atoms in total. The number of nitrogens with one attached hydrogen (secondary N) is 2. The van der Waals surface area contributed by atoms with E-state index in [1.54, 1.807) is 0 Å². The summed E-state index contributed by atoms with van der Waals surface area (Å²) in [4.78, 5) is 21.6. The second-order valence-corrected chi connectivity index (χ2v) is 7.22. The fourth-order valence-corrected chi connectivity index (χ4v) is 2.99. The number of aliphatic imine (C=N–C) groups is 1. The van der Waals surface area contributed by atoms with Crippen molar-refractivity contribution in [2.24, 2.45) is 10.4 Å². The summed E-state index contributed by atoms with van der Waals surface area (Å²) in [6, 6.07) is 10.5. The summed E-state index contributed by atoms with van der Waals surface area (Å²) in [6.45, 7) is 13.6. The largest absolute Gasteiger partial charge is 0.368 e. The molecule has 26 heavy (non-hydrogen) atoms. The van der Waals surface area contributed by atoms with Gasteiger partial charge in [0.1, 0.15) is 0 Å². The molecule has 1 aliphatic heterocycles. The van der Waals surface area contributed by atoms with Crippen molar-refractivity contribution in [1.82, 2.24) is 15.5 Å². The third-order valence-corrected chi connectivity index (χ3v) is 4.61. The van der Waals surface area contributed by atoms with Gasteiger partial charge >= 0.3 is 0 Å². The molecule has 1 saturated heterocycles. The van der Waals surface area contributed by atoms with Crippen molar-refractivity contribution < 1.29 is 4.79 Å². The highest BCUT2D eigenvalue weighted by atomic mass is 16.2. The summed E-state index contributed by atoms with van der Waals surface area (Å²) >= 11 is 0. The van der Waals surface area contributed by atoms with Gasteiger partial charge in [0.05, 0.1) is 12.0 Å². The predicted octanol–water partition coefficient (Wildman–Crippen LogP) is 1.94. The van der Waals surface area contributed by atoms with Gasteiger partial charge in [-0.3, -0.25) is 9.79 Å². The minimum absolute atomic E-state index is 0.0495. The number of rotatable bonds is 6. The zero-order valence-electron chi connectivity index (χ0n) is 16.6. The number of hydrogen-bond acceptors (Lipinski definition) is 3. The number of carbonyl (C=O) groups is 1. The van der Waals surface area contributed by atoms with Crippen LogP contribution in [0.2, 0.25) is 0 Å². The predicted molar refractivity (Wildman–Crippen MR) is 109 cm³/mol. The highest BCUT2D eigenvalue weighted by Gasteiger charge is 2.28. The van der Waals surface area contributed by atoms with Gasteiger partial charge in [0, 0.05) is 45.0 Å². The first-order valence-corrected chi connectivity index (χ1v) is 9.59. The molecule has 2 N–H and O–H groups in total. The molecule has 0 aromatic heterocycles. The number of benzene rings is 1. The van der Waals surface area contributed by atoms with Crippen molar-refractivity contribution in [3.05, 3.63) is 30.3 Å². The van der Waals surface area contributed by atoms with Crippen LogP contribution in [0.1, 0.15) is 27.7 Å². The van der Waals surface area contributed by atoms with Crippen LogP contribution in [-0.2, 0) is 4.79 Å². The van der Waals surface area contributed by atoms with Crippen molar-refractivity contribution in [2.75, 3.05) is 50.7 Å². The Bertz CT molecular complexity index is 591. The first-order valence-electron chi connectivity index (χ1n) is 9.59. The second kappa shape index (κ2) is 9.46. The van der Waals surface area contributed by atoms with Crippen LogP contribution in [0.4, 0.5) is 5.69 Å². The molecule has 6 heteroatoms. The van der Waals surface area contributed by atoms with Gasteiger partial charge in [0.2, 0.25) is 5.91 Å². The molecule has 1 fully saturated rings. The van der Waals surface area contributed by atoms with Crippen LogP contribution >= 0.6 is 0 Å². The minimum Gasteiger partial charge on any atom is -0.368 e. The molecule has 1 heterocycles. The molecular weight excluding hydrogens is 326 g/mol. The third kappa shape index (κ3) is 5.38. The molecule has 0 unspecified atom stereocenters. The van der Waals surface area contributed by atoms with E-state index in [-0.39, 0.29) is 5.91 Å². The van der Waals surface area contributed by atoms with Crippen LogP contribution in [0.25, 0.3) is 0 Å². The lowest BCUT2D eigenvalue weighted by molar-refractivity contribution is -0.128. The highest BCUT2D eigenvalue weighted by Crippen LogP contribution is 2.17. The fourth-order valence-electron chi connectivity index (χ4n) is 2.99. The van der Waals surface area contributed by atoms with Crippen molar-refractivity contribution in [3.8, 4) is 0 Å². The standard InChI is InChI=1S/C20H33N5O/c1-5-21-18(26)20(3,4)16-23-19(22-6-2)25-14-12-24(13-15-25)17-10-8-7-9-11-17/h7-11H,5-6,12-16H2,1-4H3,(H,21,26)(H,22,23). The number of carbonyl (C=O) groups excluding carboxylic acids is 1. The number of hydrogen-bond donors (Lipinski definition) is 2. The summed E-state index contributed by atoms with van der Waals surface area (Å²) in [5, 5.41) is 6.27. The van der Waals surface area contributed by atoms with Gasteiger partial charge in [-0.15, -0.1) is 0 Å². The molecule has 1 aromatic rings. The van der Waals surface area contributed by atoms with E-state index in [0.29, 0.717) is 13.1 Å². The van der Waals surface area contributed by atoms with Gasteiger partial charge in [-0.1, -0.05) is 18.2 Å². The maximum absolute atomic E-state index is 12.2. The summed E-state index contributed by atoms with van der Waals surface area (Å²) in [6.07, 6.45) is 0. The lowest BCUT2D eigenvalue weighted by Crippen LogP contribution is -2.53. The van der Waals surface area contributed by atoms with Crippen LogP contribution in [0.3, 0.4) is 0 Å². The Kier molecular flexibility index (Phi) is 7.30. The molecule has 1 aromatic carbocycles. The smallest absolute Gasteiger partial charge is 0.227 e. The molecule has 144 valence electrons. The Balaban J connectivity index is 1.98. The molecule has 0 radical (unpaired) electrons. The number of amides is 1. The molecule has 2 rings (SSSR count). The maximum atomic E-state index is 12.2. The summed E-state index contributed by atoms with van der Waals surface area (Å²) < 4.78 is 0. The zero-order valence-corrected chi connectivity index (χ0v) is 16.6. The van der Waals surface area contributed by atoms with Gasteiger partial charge in [-0.05, 0) is 39.8 Å². The van der Waals surface area contributed by atoms with Gasteiger partial charge < -0.3 is 20.4 Å². The van der Waals surface area contributed by atoms with Gasteiger partial charge in [-0.2, -0.15) is 0 Å². The van der Waals surface area contributed by atoms with Crippen LogP contribution in [-0.4, -0.2) is 62.6 Å². The Labute approximate surface area is 157 Å². The van der Waals surface area contributed by atoms with Crippen molar-refractivity contribution >= 4 is 17.6 Å². The van der Waals surface area contributed by atoms with Gasteiger partial charge in [-0.25, -0.2) is 0 Å². The Morgan fingerprint density at radius 2 is 1.65 bits per heavy atom. The number of anilines is 1. The quantitative estimate of drug-likeness (QED) is 0.602. The number of para-hydroxylation sites is 1. The first kappa shape index (κ1) is 20.1. The molecule has 0 bridgehead atoms. The van der Waals surface area contributed by atoms with Gasteiger partial charge in [0.25, 0.3) is 0 Å². The number of guanidine groups is 1. The number of piperazine rings is 1. The third-order valence-electron chi connectivity index (χ3n) is 4.61. The monoisotopic (exact) mass is 359 g/mol. The average molecular weight is 360 g/mol. The van der Waals surface area contributed by atoms with Crippen molar-refractivity contribution in [2.45, 2.75) is 27.7 Å². The van der Waals surface area contributed by atoms with E-state index in [9.17, 15) is 4.79 Å². The van der Waals surface area contributed by atoms with Crippen LogP contribution in [0.5, 0.6) is 0 Å². The summed E-state index contributed by atoms with van der Waals surface area (Å²) in [7, 11) is 0.